The number of rotatable bonds is 12. The van der Waals surface area contributed by atoms with E-state index in [4.69, 9.17) is 46.8 Å². The van der Waals surface area contributed by atoms with Crippen molar-refractivity contribution in [3.05, 3.63) is 82.1 Å². The summed E-state index contributed by atoms with van der Waals surface area (Å²) in [6, 6.07) is 16.9. The minimum Gasteiger partial charge on any atom is -0.493 e. The van der Waals surface area contributed by atoms with E-state index in [-0.39, 0.29) is 6.61 Å². The van der Waals surface area contributed by atoms with Crippen LogP contribution in [0.4, 0.5) is 11.5 Å². The second-order valence-electron chi connectivity index (χ2n) is 10.5. The second-order valence-corrected chi connectivity index (χ2v) is 12.8. The molecule has 252 valence electrons. The van der Waals surface area contributed by atoms with E-state index in [9.17, 15) is 8.42 Å². The van der Waals surface area contributed by atoms with Crippen molar-refractivity contribution in [3.63, 3.8) is 0 Å². The van der Waals surface area contributed by atoms with Gasteiger partial charge in [0.05, 0.1) is 44.4 Å². The first-order chi connectivity index (χ1) is 22.5. The third-order valence-corrected chi connectivity index (χ3v) is 7.49. The molecule has 0 aliphatic carbocycles. The lowest BCUT2D eigenvalue weighted by atomic mass is 10.1. The molecular weight excluding hydrogens is 669 g/mol. The number of aromatic nitrogens is 2. The average molecular weight is 707 g/mol. The van der Waals surface area contributed by atoms with Gasteiger partial charge in [0.15, 0.2) is 11.5 Å². The maximum absolute atomic E-state index is 9.19. The van der Waals surface area contributed by atoms with Crippen LogP contribution in [-0.2, 0) is 26.3 Å². The predicted molar refractivity (Wildman–Crippen MR) is 184 cm³/mol. The molecular formula is C32H37Cl2N5O7S. The fraction of sp³-hybridized carbons (Fsp3) is 0.344. The monoisotopic (exact) mass is 705 g/mol. The molecule has 47 heavy (non-hydrogen) atoms. The average Bonchev–Trinajstić information content (AvgIpc) is 3.04. The number of nitrogens with zero attached hydrogens (tertiary/aromatic N) is 4. The van der Waals surface area contributed by atoms with Crippen LogP contribution in [0.5, 0.6) is 11.5 Å². The van der Waals surface area contributed by atoms with Crippen molar-refractivity contribution < 1.29 is 32.0 Å². The molecule has 0 atom stereocenters. The molecule has 15 heteroatoms. The van der Waals surface area contributed by atoms with Crippen LogP contribution >= 0.6 is 23.2 Å². The molecule has 0 radical (unpaired) electrons. The highest BCUT2D eigenvalue weighted by atomic mass is 35.5. The van der Waals surface area contributed by atoms with Gasteiger partial charge in [0, 0.05) is 52.4 Å². The molecule has 2 heterocycles. The maximum Gasteiger partial charge on any atom is 0.261 e. The Morgan fingerprint density at radius 1 is 1.06 bits per heavy atom. The van der Waals surface area contributed by atoms with Gasteiger partial charge in [-0.05, 0) is 49.2 Å². The van der Waals surface area contributed by atoms with Gasteiger partial charge < -0.3 is 24.4 Å². The molecule has 5 rings (SSSR count). The number of halogens is 2. The molecule has 2 N–H and O–H groups in total. The van der Waals surface area contributed by atoms with Gasteiger partial charge in [-0.25, -0.2) is 9.97 Å². The third kappa shape index (κ3) is 11.8. The first-order valence-electron chi connectivity index (χ1n) is 14.7. The van der Waals surface area contributed by atoms with E-state index in [1.54, 1.807) is 19.2 Å². The Labute approximate surface area is 284 Å². The molecule has 4 aromatic rings. The lowest BCUT2D eigenvalue weighted by Crippen LogP contribution is -2.37. The van der Waals surface area contributed by atoms with Crippen molar-refractivity contribution in [2.24, 2.45) is 5.16 Å². The number of anilines is 2. The molecule has 12 nitrogen and oxygen atoms in total. The SMILES string of the molecule is COc1cc2ncnc(Nc3ccc(/C(C)=N\OCc4ccc(Cl)cc4Cl)cc3)c2cc1OCCCN1CCOCC1.CS(=O)(=O)O. The third-order valence-electron chi connectivity index (χ3n) is 6.90. The van der Waals surface area contributed by atoms with Gasteiger partial charge in [0.1, 0.15) is 18.8 Å². The molecule has 1 aliphatic heterocycles. The zero-order valence-corrected chi connectivity index (χ0v) is 28.6. The summed E-state index contributed by atoms with van der Waals surface area (Å²) < 4.78 is 43.0. The zero-order chi connectivity index (χ0) is 33.8. The smallest absolute Gasteiger partial charge is 0.261 e. The van der Waals surface area contributed by atoms with E-state index in [1.807, 2.05) is 49.4 Å². The number of morpholine rings is 1. The predicted octanol–water partition coefficient (Wildman–Crippen LogP) is 6.23. The molecule has 1 aromatic heterocycles. The Bertz CT molecular complexity index is 1760. The number of hydrogen-bond donors (Lipinski definition) is 2. The Hall–Kier alpha value is -3.72. The van der Waals surface area contributed by atoms with Crippen molar-refractivity contribution in [2.75, 3.05) is 58.1 Å². The van der Waals surface area contributed by atoms with Crippen LogP contribution in [0.15, 0.2) is 66.1 Å². The van der Waals surface area contributed by atoms with Crippen LogP contribution < -0.4 is 14.8 Å². The first kappa shape index (κ1) is 36.1. The Balaban J connectivity index is 0.000000930. The van der Waals surface area contributed by atoms with Crippen LogP contribution in [0.1, 0.15) is 24.5 Å². The highest BCUT2D eigenvalue weighted by Gasteiger charge is 2.14. The minimum atomic E-state index is -3.67. The molecule has 0 saturated carbocycles. The maximum atomic E-state index is 9.19. The summed E-state index contributed by atoms with van der Waals surface area (Å²) >= 11 is 12.2. The number of nitrogens with one attached hydrogen (secondary N) is 1. The molecule has 1 fully saturated rings. The number of benzene rings is 3. The number of hydrogen-bond acceptors (Lipinski definition) is 11. The Kier molecular flexibility index (Phi) is 13.4. The van der Waals surface area contributed by atoms with Gasteiger partial charge in [0.2, 0.25) is 0 Å². The Morgan fingerprint density at radius 2 is 1.79 bits per heavy atom. The van der Waals surface area contributed by atoms with Crippen LogP contribution in [0.25, 0.3) is 10.9 Å². The van der Waals surface area contributed by atoms with Gasteiger partial charge in [0.25, 0.3) is 10.1 Å². The minimum absolute atomic E-state index is 0.248. The fourth-order valence-electron chi connectivity index (χ4n) is 4.55. The molecule has 0 unspecified atom stereocenters. The van der Waals surface area contributed by atoms with E-state index in [0.717, 1.165) is 72.7 Å². The number of oxime groups is 1. The quantitative estimate of drug-likeness (QED) is 0.0748. The van der Waals surface area contributed by atoms with Crippen molar-refractivity contribution in [2.45, 2.75) is 20.0 Å². The van der Waals surface area contributed by atoms with Crippen molar-refractivity contribution in [1.82, 2.24) is 14.9 Å². The topological polar surface area (TPSA) is 145 Å². The lowest BCUT2D eigenvalue weighted by Gasteiger charge is -2.26. The second kappa shape index (κ2) is 17.4. The first-order valence-corrected chi connectivity index (χ1v) is 17.3. The van der Waals surface area contributed by atoms with E-state index in [1.165, 1.54) is 6.33 Å². The lowest BCUT2D eigenvalue weighted by molar-refractivity contribution is 0.0357. The van der Waals surface area contributed by atoms with E-state index in [2.05, 4.69) is 25.3 Å². The van der Waals surface area contributed by atoms with Gasteiger partial charge >= 0.3 is 0 Å². The summed E-state index contributed by atoms with van der Waals surface area (Å²) in [5.41, 5.74) is 4.09. The van der Waals surface area contributed by atoms with Crippen LogP contribution in [0.3, 0.4) is 0 Å². The molecule has 0 spiro atoms. The molecule has 0 amide bonds. The highest BCUT2D eigenvalue weighted by Crippen LogP contribution is 2.35. The number of ether oxygens (including phenoxy) is 3. The summed E-state index contributed by atoms with van der Waals surface area (Å²) in [6.07, 6.45) is 3.15. The molecule has 0 bridgehead atoms. The van der Waals surface area contributed by atoms with Gasteiger partial charge in [-0.15, -0.1) is 0 Å². The fourth-order valence-corrected chi connectivity index (χ4v) is 5.02. The molecule has 3 aromatic carbocycles. The van der Waals surface area contributed by atoms with Crippen molar-refractivity contribution >= 4 is 61.4 Å². The van der Waals surface area contributed by atoms with E-state index >= 15 is 0 Å². The summed E-state index contributed by atoms with van der Waals surface area (Å²) in [5.74, 6) is 1.97. The van der Waals surface area contributed by atoms with Crippen molar-refractivity contribution in [1.29, 1.82) is 0 Å². The van der Waals surface area contributed by atoms with Crippen LogP contribution in [-0.4, -0.2) is 86.4 Å². The summed E-state index contributed by atoms with van der Waals surface area (Å²) in [7, 11) is -2.03. The standard InChI is InChI=1S/C31H33Cl2N5O4.CH4O3S/c1-21(37-42-19-23-4-7-24(32)16-27(23)33)22-5-8-25(9-6-22)36-31-26-17-30(29(39-2)18-28(26)34-20-35-31)41-13-3-10-38-11-14-40-15-12-38;1-5(2,3)4/h4-9,16-18,20H,3,10-15,19H2,1-2H3,(H,34,35,36);1H3,(H,2,3,4)/b37-21-;. The highest BCUT2D eigenvalue weighted by molar-refractivity contribution is 7.85. The summed E-state index contributed by atoms with van der Waals surface area (Å²) in [5, 5.41) is 9.60. The number of methoxy groups -OCH3 is 1. The number of fused-ring (bicyclic) bond motifs is 1. The molecule has 1 saturated heterocycles. The molecule has 1 aliphatic rings. The summed E-state index contributed by atoms with van der Waals surface area (Å²) in [6.45, 7) is 7.20. The van der Waals surface area contributed by atoms with E-state index < -0.39 is 10.1 Å². The largest absolute Gasteiger partial charge is 0.493 e. The zero-order valence-electron chi connectivity index (χ0n) is 26.3. The summed E-state index contributed by atoms with van der Waals surface area (Å²) in [4.78, 5) is 16.9. The van der Waals surface area contributed by atoms with Crippen LogP contribution in [0.2, 0.25) is 10.0 Å². The van der Waals surface area contributed by atoms with Crippen molar-refractivity contribution in [3.8, 4) is 11.5 Å². The normalized spacial score (nSPS) is 13.9. The van der Waals surface area contributed by atoms with E-state index in [0.29, 0.717) is 40.2 Å². The van der Waals surface area contributed by atoms with Crippen LogP contribution in [0, 0.1) is 0 Å². The Morgan fingerprint density at radius 3 is 2.47 bits per heavy atom. The van der Waals surface area contributed by atoms with Gasteiger partial charge in [-0.2, -0.15) is 8.42 Å². The van der Waals surface area contributed by atoms with Gasteiger partial charge in [-0.1, -0.05) is 46.6 Å². The van der Waals surface area contributed by atoms with Gasteiger partial charge in [-0.3, -0.25) is 9.45 Å².